The van der Waals surface area contributed by atoms with Crippen molar-refractivity contribution in [3.05, 3.63) is 0 Å². The molecule has 1 N–H and O–H groups in total. The van der Waals surface area contributed by atoms with Crippen molar-refractivity contribution in [2.24, 2.45) is 0 Å². The van der Waals surface area contributed by atoms with Crippen molar-refractivity contribution in [1.82, 2.24) is 10.4 Å². The van der Waals surface area contributed by atoms with Gasteiger partial charge in [-0.25, -0.2) is 5.01 Å². The van der Waals surface area contributed by atoms with Gasteiger partial charge in [0.1, 0.15) is 0 Å². The lowest BCUT2D eigenvalue weighted by atomic mass is 9.89. The minimum atomic E-state index is -8.61. The predicted octanol–water partition coefficient (Wildman–Crippen LogP) is 4.63. The van der Waals surface area contributed by atoms with Gasteiger partial charge in [0.25, 0.3) is 0 Å². The lowest BCUT2D eigenvalue weighted by Gasteiger charge is -2.42. The Kier molecular flexibility index (Phi) is 7.73. The number of halogens is 17. The molecule has 0 spiro atoms. The Morgan fingerprint density at radius 1 is 0.618 bits per heavy atom. The second kappa shape index (κ2) is 8.59. The zero-order valence-electron chi connectivity index (χ0n) is 15.5. The highest BCUT2D eigenvalue weighted by Crippen LogP contribution is 2.64. The summed E-state index contributed by atoms with van der Waals surface area (Å²) in [6, 6.07) is 0. The summed E-state index contributed by atoms with van der Waals surface area (Å²) in [5, 5.41) is -6.55. The molecule has 21 heteroatoms. The van der Waals surface area contributed by atoms with Crippen LogP contribution in [0.3, 0.4) is 0 Å². The van der Waals surface area contributed by atoms with E-state index in [0.717, 1.165) is 5.43 Å². The van der Waals surface area contributed by atoms with Gasteiger partial charge in [0.15, 0.2) is 0 Å². The second-order valence-electron chi connectivity index (χ2n) is 6.56. The molecule has 0 aromatic heterocycles. The summed E-state index contributed by atoms with van der Waals surface area (Å²) in [5.74, 6) is -60.4. The summed E-state index contributed by atoms with van der Waals surface area (Å²) in [6.45, 7) is -1.85. The van der Waals surface area contributed by atoms with Gasteiger partial charge in [-0.15, -0.1) is 0 Å². The van der Waals surface area contributed by atoms with Gasteiger partial charge in [-0.3, -0.25) is 10.2 Å². The zero-order chi connectivity index (χ0) is 27.4. The first-order valence-corrected chi connectivity index (χ1v) is 8.48. The van der Waals surface area contributed by atoms with Crippen LogP contribution >= 0.6 is 11.6 Å². The number of amides is 1. The highest BCUT2D eigenvalue weighted by atomic mass is 35.5. The van der Waals surface area contributed by atoms with E-state index in [2.05, 4.69) is 16.3 Å². The topological polar surface area (TPSA) is 41.6 Å². The molecular formula is C13H9ClF16N2O2. The van der Waals surface area contributed by atoms with Gasteiger partial charge in [-0.05, 0) is 11.6 Å². The van der Waals surface area contributed by atoms with Gasteiger partial charge >= 0.3 is 52.7 Å². The molecule has 1 amide bonds. The predicted molar refractivity (Wildman–Crippen MR) is 76.0 cm³/mol. The molecule has 202 valence electrons. The average molecular weight is 565 g/mol. The molecule has 0 unspecified atom stereocenters. The number of hydrogen-bond donors (Lipinski definition) is 1. The Morgan fingerprint density at radius 2 is 0.941 bits per heavy atom. The summed E-state index contributed by atoms with van der Waals surface area (Å²) in [4.78, 5) is 11.3. The van der Waals surface area contributed by atoms with Crippen LogP contribution in [-0.2, 0) is 9.53 Å². The van der Waals surface area contributed by atoms with Crippen molar-refractivity contribution in [3.8, 4) is 0 Å². The van der Waals surface area contributed by atoms with E-state index in [0.29, 0.717) is 5.01 Å². The zero-order valence-corrected chi connectivity index (χ0v) is 16.3. The maximum Gasteiger partial charge on any atom is 0.394 e. The Hall–Kier alpha value is -1.44. The van der Waals surface area contributed by atoms with Crippen molar-refractivity contribution < 1.29 is 79.8 Å². The number of hydrazine groups is 1. The molecule has 1 aliphatic rings. The number of nitrogens with zero attached hydrogens (tertiary/aromatic N) is 1. The van der Waals surface area contributed by atoms with Crippen LogP contribution in [0.1, 0.15) is 0 Å². The minimum Gasteiger partial charge on any atom is -0.379 e. The highest BCUT2D eigenvalue weighted by molar-refractivity contribution is 6.22. The maximum absolute atomic E-state index is 13.7. The fraction of sp³-hybridized carbons (Fsp3) is 0.923. The molecule has 1 aliphatic heterocycles. The molecule has 1 heterocycles. The number of carbonyl (C=O) groups excluding carboxylic acids is 1. The van der Waals surface area contributed by atoms with E-state index in [9.17, 15) is 75.0 Å². The number of ether oxygens (including phenoxy) is 1. The SMILES string of the molecule is O=C(NN1CCOCC1)C(F)(F)C(F)(F)C(F)(F)C(F)(F)C(F)(F)C(F)(F)C(F)(F)C(F)(F)Cl. The Morgan fingerprint density at radius 3 is 1.29 bits per heavy atom. The maximum atomic E-state index is 13.7. The standard InChI is InChI=1S/C13H9ClF16N2O2/c14-13(29,30)12(27,28)11(25,26)10(23,24)9(21,22)8(19,20)7(17,18)6(15,16)5(33)31-32-1-3-34-4-2-32/h1-4H2,(H,31,33). The van der Waals surface area contributed by atoms with E-state index in [1.807, 2.05) is 0 Å². The molecular weight excluding hydrogens is 556 g/mol. The Balaban J connectivity index is 3.48. The van der Waals surface area contributed by atoms with Crippen molar-refractivity contribution >= 4 is 17.5 Å². The number of morpholine rings is 1. The summed E-state index contributed by atoms with van der Waals surface area (Å²) in [7, 11) is 0. The van der Waals surface area contributed by atoms with Gasteiger partial charge in [0, 0.05) is 13.1 Å². The molecule has 0 radical (unpaired) electrons. The number of carbonyl (C=O) groups is 1. The molecule has 1 fully saturated rings. The van der Waals surface area contributed by atoms with E-state index >= 15 is 0 Å². The smallest absolute Gasteiger partial charge is 0.379 e. The molecule has 0 bridgehead atoms. The number of rotatable bonds is 9. The van der Waals surface area contributed by atoms with Crippen LogP contribution < -0.4 is 5.43 Å². The third-order valence-electron chi connectivity index (χ3n) is 4.28. The van der Waals surface area contributed by atoms with Crippen LogP contribution in [0.15, 0.2) is 0 Å². The molecule has 0 saturated carbocycles. The van der Waals surface area contributed by atoms with Crippen LogP contribution in [-0.4, -0.2) is 84.1 Å². The van der Waals surface area contributed by atoms with Gasteiger partial charge in [-0.1, -0.05) is 0 Å². The molecule has 1 rings (SSSR count). The van der Waals surface area contributed by atoms with E-state index in [1.54, 1.807) is 0 Å². The molecule has 1 saturated heterocycles. The molecule has 4 nitrogen and oxygen atoms in total. The number of nitrogens with one attached hydrogen (secondary N) is 1. The first-order chi connectivity index (χ1) is 14.7. The van der Waals surface area contributed by atoms with Gasteiger partial charge in [0.2, 0.25) is 0 Å². The van der Waals surface area contributed by atoms with Crippen LogP contribution in [0.4, 0.5) is 70.2 Å². The lowest BCUT2D eigenvalue weighted by Crippen LogP contribution is -2.75. The quantitative estimate of drug-likeness (QED) is 0.328. The van der Waals surface area contributed by atoms with Crippen LogP contribution in [0.25, 0.3) is 0 Å². The van der Waals surface area contributed by atoms with Crippen molar-refractivity contribution in [3.63, 3.8) is 0 Å². The third kappa shape index (κ3) is 4.22. The molecule has 0 aromatic rings. The van der Waals surface area contributed by atoms with Gasteiger partial charge in [-0.2, -0.15) is 70.2 Å². The lowest BCUT2D eigenvalue weighted by molar-refractivity contribution is -0.446. The Bertz CT molecular complexity index is 762. The van der Waals surface area contributed by atoms with Crippen LogP contribution in [0.5, 0.6) is 0 Å². The Labute approximate surface area is 182 Å². The van der Waals surface area contributed by atoms with Crippen LogP contribution in [0.2, 0.25) is 0 Å². The van der Waals surface area contributed by atoms with E-state index in [1.165, 1.54) is 0 Å². The van der Waals surface area contributed by atoms with Crippen molar-refractivity contribution in [2.45, 2.75) is 46.8 Å². The van der Waals surface area contributed by atoms with E-state index in [-0.39, 0.29) is 13.2 Å². The molecule has 0 aromatic carbocycles. The highest BCUT2D eigenvalue weighted by Gasteiger charge is 2.95. The van der Waals surface area contributed by atoms with Gasteiger partial charge < -0.3 is 4.74 Å². The summed E-state index contributed by atoms with van der Waals surface area (Å²) < 4.78 is 218. The van der Waals surface area contributed by atoms with Crippen molar-refractivity contribution in [1.29, 1.82) is 0 Å². The largest absolute Gasteiger partial charge is 0.394 e. The van der Waals surface area contributed by atoms with E-state index in [4.69, 9.17) is 0 Å². The van der Waals surface area contributed by atoms with E-state index < -0.39 is 65.8 Å². The monoisotopic (exact) mass is 564 g/mol. The van der Waals surface area contributed by atoms with Crippen LogP contribution in [0, 0.1) is 0 Å². The summed E-state index contributed by atoms with van der Waals surface area (Å²) in [5.41, 5.74) is 0.836. The number of alkyl halides is 17. The third-order valence-corrected chi connectivity index (χ3v) is 4.52. The normalized spacial score (nSPS) is 18.7. The number of hydrogen-bond acceptors (Lipinski definition) is 3. The molecule has 0 atom stereocenters. The minimum absolute atomic E-state index is 0.304. The second-order valence-corrected chi connectivity index (χ2v) is 7.03. The van der Waals surface area contributed by atoms with Crippen molar-refractivity contribution in [2.75, 3.05) is 26.3 Å². The van der Waals surface area contributed by atoms with Gasteiger partial charge in [0.05, 0.1) is 13.2 Å². The fourth-order valence-corrected chi connectivity index (χ4v) is 2.31. The first-order valence-electron chi connectivity index (χ1n) is 8.10. The fourth-order valence-electron chi connectivity index (χ4n) is 2.20. The first kappa shape index (κ1) is 30.6. The molecule has 34 heavy (non-hydrogen) atoms. The molecule has 0 aliphatic carbocycles. The summed E-state index contributed by atoms with van der Waals surface area (Å²) >= 11 is 3.41. The average Bonchev–Trinajstić information content (AvgIpc) is 2.66. The summed E-state index contributed by atoms with van der Waals surface area (Å²) in [6.07, 6.45) is 0.